The van der Waals surface area contributed by atoms with Crippen LogP contribution in [0.5, 0.6) is 5.75 Å². The van der Waals surface area contributed by atoms with Crippen molar-refractivity contribution < 1.29 is 14.3 Å². The molecule has 1 aliphatic heterocycles. The maximum absolute atomic E-state index is 12.1. The number of ether oxygens (including phenoxy) is 2. The minimum absolute atomic E-state index is 0. The summed E-state index contributed by atoms with van der Waals surface area (Å²) < 4.78 is 10.6. The van der Waals surface area contributed by atoms with Gasteiger partial charge in [-0.05, 0) is 50.8 Å². The number of carbonyl (C=O) groups is 1. The average molecular weight is 518 g/mol. The summed E-state index contributed by atoms with van der Waals surface area (Å²) in [6.07, 6.45) is 0.670. The molecule has 164 valence electrons. The summed E-state index contributed by atoms with van der Waals surface area (Å²) >= 11 is 0. The van der Waals surface area contributed by atoms with Crippen molar-refractivity contribution in [3.63, 3.8) is 0 Å². The van der Waals surface area contributed by atoms with Gasteiger partial charge in [0.25, 0.3) is 0 Å². The third-order valence-electron chi connectivity index (χ3n) is 4.56. The summed E-state index contributed by atoms with van der Waals surface area (Å²) in [6, 6.07) is 8.12. The summed E-state index contributed by atoms with van der Waals surface area (Å²) in [7, 11) is 1.67. The zero-order valence-electron chi connectivity index (χ0n) is 18.2. The lowest BCUT2D eigenvalue weighted by Crippen LogP contribution is -2.53. The van der Waals surface area contributed by atoms with Crippen molar-refractivity contribution >= 4 is 36.0 Å². The number of guanidine groups is 1. The Kier molecular flexibility index (Phi) is 10.0. The van der Waals surface area contributed by atoms with E-state index >= 15 is 0 Å². The highest BCUT2D eigenvalue weighted by Crippen LogP contribution is 2.15. The number of methoxy groups -OCH3 is 1. The first-order valence-electron chi connectivity index (χ1n) is 9.83. The fourth-order valence-electron chi connectivity index (χ4n) is 3.02. The lowest BCUT2D eigenvalue weighted by Gasteiger charge is -2.36. The van der Waals surface area contributed by atoms with Crippen LogP contribution in [0.4, 0.5) is 4.79 Å². The van der Waals surface area contributed by atoms with E-state index in [0.29, 0.717) is 44.6 Å². The zero-order valence-corrected chi connectivity index (χ0v) is 20.5. The van der Waals surface area contributed by atoms with Crippen molar-refractivity contribution in [3.05, 3.63) is 29.8 Å². The number of piperazine rings is 1. The zero-order chi connectivity index (χ0) is 20.7. The quantitative estimate of drug-likeness (QED) is 0.368. The predicted molar refractivity (Wildman–Crippen MR) is 127 cm³/mol. The van der Waals surface area contributed by atoms with E-state index in [1.807, 2.05) is 37.8 Å². The molecule has 0 aromatic heterocycles. The molecule has 1 aromatic rings. The van der Waals surface area contributed by atoms with Crippen LogP contribution in [-0.2, 0) is 11.2 Å². The lowest BCUT2D eigenvalue weighted by atomic mass is 10.0. The highest BCUT2D eigenvalue weighted by atomic mass is 127. The molecule has 1 atom stereocenters. The molecule has 1 amide bonds. The standard InChI is InChI=1S/C21H34N4O3.HI/c1-16(14-17-6-8-18(27-5)9-7-17)15-23-19(22)24-10-12-25(13-11-24)20(26)28-21(2,3)4;/h6-9,16H,10-15H2,1-5H3,(H2,22,23);1H. The molecule has 1 saturated heterocycles. The normalized spacial score (nSPS) is 16.1. The van der Waals surface area contributed by atoms with E-state index in [1.165, 1.54) is 5.56 Å². The molecule has 1 aliphatic rings. The first-order valence-corrected chi connectivity index (χ1v) is 9.83. The van der Waals surface area contributed by atoms with E-state index in [4.69, 9.17) is 15.2 Å². The van der Waals surface area contributed by atoms with Gasteiger partial charge in [-0.2, -0.15) is 0 Å². The van der Waals surface area contributed by atoms with E-state index < -0.39 is 5.60 Å². The number of benzene rings is 1. The number of halogens is 1. The van der Waals surface area contributed by atoms with Gasteiger partial charge in [-0.1, -0.05) is 19.1 Å². The van der Waals surface area contributed by atoms with Gasteiger partial charge in [0.1, 0.15) is 11.4 Å². The van der Waals surface area contributed by atoms with E-state index in [1.54, 1.807) is 12.0 Å². The van der Waals surface area contributed by atoms with Crippen LogP contribution in [0.15, 0.2) is 29.3 Å². The fraction of sp³-hybridized carbons (Fsp3) is 0.619. The van der Waals surface area contributed by atoms with Crippen LogP contribution in [-0.4, -0.2) is 67.3 Å². The van der Waals surface area contributed by atoms with Gasteiger partial charge in [0.15, 0.2) is 5.96 Å². The monoisotopic (exact) mass is 518 g/mol. The molecule has 0 radical (unpaired) electrons. The minimum atomic E-state index is -0.477. The molecular weight excluding hydrogens is 483 g/mol. The Morgan fingerprint density at radius 1 is 1.14 bits per heavy atom. The molecule has 1 fully saturated rings. The van der Waals surface area contributed by atoms with Crippen molar-refractivity contribution in [2.24, 2.45) is 16.6 Å². The van der Waals surface area contributed by atoms with E-state index in [0.717, 1.165) is 12.2 Å². The lowest BCUT2D eigenvalue weighted by molar-refractivity contribution is 0.0186. The molecule has 2 N–H and O–H groups in total. The molecule has 0 bridgehead atoms. The Labute approximate surface area is 191 Å². The first kappa shape index (κ1) is 25.3. The van der Waals surface area contributed by atoms with Crippen LogP contribution >= 0.6 is 24.0 Å². The van der Waals surface area contributed by atoms with Crippen molar-refractivity contribution in [2.45, 2.75) is 39.7 Å². The highest BCUT2D eigenvalue weighted by molar-refractivity contribution is 14.0. The van der Waals surface area contributed by atoms with Crippen LogP contribution in [0.3, 0.4) is 0 Å². The number of nitrogens with zero attached hydrogens (tertiary/aromatic N) is 3. The number of hydrogen-bond acceptors (Lipinski definition) is 4. The van der Waals surface area contributed by atoms with Crippen molar-refractivity contribution in [1.82, 2.24) is 9.80 Å². The topological polar surface area (TPSA) is 80.4 Å². The average Bonchev–Trinajstić information content (AvgIpc) is 2.65. The van der Waals surface area contributed by atoms with Crippen molar-refractivity contribution in [1.29, 1.82) is 0 Å². The molecule has 1 aromatic carbocycles. The number of hydrogen-bond donors (Lipinski definition) is 1. The SMILES string of the molecule is COc1ccc(CC(C)CN=C(N)N2CCN(C(=O)OC(C)(C)C)CC2)cc1.I. The summed E-state index contributed by atoms with van der Waals surface area (Å²) in [6.45, 7) is 11.0. The molecule has 8 heteroatoms. The summed E-state index contributed by atoms with van der Waals surface area (Å²) in [5.74, 6) is 1.80. The second-order valence-electron chi connectivity index (χ2n) is 8.31. The Balaban J connectivity index is 0.00000420. The largest absolute Gasteiger partial charge is 0.497 e. The summed E-state index contributed by atoms with van der Waals surface area (Å²) in [4.78, 5) is 20.5. The molecule has 0 saturated carbocycles. The fourth-order valence-corrected chi connectivity index (χ4v) is 3.02. The van der Waals surface area contributed by atoms with Crippen molar-refractivity contribution in [3.8, 4) is 5.75 Å². The maximum atomic E-state index is 12.1. The molecule has 7 nitrogen and oxygen atoms in total. The number of amides is 1. The Morgan fingerprint density at radius 3 is 2.21 bits per heavy atom. The van der Waals surface area contributed by atoms with Gasteiger partial charge in [-0.3, -0.25) is 4.99 Å². The molecule has 0 spiro atoms. The summed E-state index contributed by atoms with van der Waals surface area (Å²) in [5, 5.41) is 0. The molecule has 1 unspecified atom stereocenters. The van der Waals surface area contributed by atoms with Crippen LogP contribution in [0, 0.1) is 5.92 Å². The third kappa shape index (κ3) is 8.67. The van der Waals surface area contributed by atoms with Gasteiger partial charge in [0, 0.05) is 32.7 Å². The maximum Gasteiger partial charge on any atom is 0.410 e. The Hall–Kier alpha value is -1.71. The Bertz CT molecular complexity index is 665. The van der Waals surface area contributed by atoms with Gasteiger partial charge in [0.2, 0.25) is 0 Å². The number of aliphatic imine (C=N–C) groups is 1. The second-order valence-corrected chi connectivity index (χ2v) is 8.31. The smallest absolute Gasteiger partial charge is 0.410 e. The minimum Gasteiger partial charge on any atom is -0.497 e. The molecule has 2 rings (SSSR count). The van der Waals surface area contributed by atoms with E-state index in [2.05, 4.69) is 24.0 Å². The van der Waals surface area contributed by atoms with Crippen LogP contribution in [0.1, 0.15) is 33.3 Å². The second kappa shape index (κ2) is 11.5. The van der Waals surface area contributed by atoms with Gasteiger partial charge < -0.3 is 25.0 Å². The Morgan fingerprint density at radius 2 is 1.69 bits per heavy atom. The number of rotatable bonds is 5. The van der Waals surface area contributed by atoms with Gasteiger partial charge in [-0.25, -0.2) is 4.79 Å². The molecular formula is C21H35IN4O3. The first-order chi connectivity index (χ1) is 13.2. The van der Waals surface area contributed by atoms with Crippen LogP contribution in [0.25, 0.3) is 0 Å². The number of carbonyl (C=O) groups excluding carboxylic acids is 1. The van der Waals surface area contributed by atoms with Gasteiger partial charge >= 0.3 is 6.09 Å². The highest BCUT2D eigenvalue weighted by Gasteiger charge is 2.26. The van der Waals surface area contributed by atoms with Crippen molar-refractivity contribution in [2.75, 3.05) is 39.8 Å². The van der Waals surface area contributed by atoms with Crippen LogP contribution in [0.2, 0.25) is 0 Å². The predicted octanol–water partition coefficient (Wildman–Crippen LogP) is 3.36. The van der Waals surface area contributed by atoms with Gasteiger partial charge in [0.05, 0.1) is 7.11 Å². The molecule has 0 aliphatic carbocycles. The number of nitrogens with two attached hydrogens (primary N) is 1. The molecule has 1 heterocycles. The van der Waals surface area contributed by atoms with Crippen LogP contribution < -0.4 is 10.5 Å². The van der Waals surface area contributed by atoms with Gasteiger partial charge in [-0.15, -0.1) is 24.0 Å². The van der Waals surface area contributed by atoms with E-state index in [9.17, 15) is 4.79 Å². The molecule has 29 heavy (non-hydrogen) atoms. The summed E-state index contributed by atoms with van der Waals surface area (Å²) in [5.41, 5.74) is 6.96. The van der Waals surface area contributed by atoms with E-state index in [-0.39, 0.29) is 30.1 Å². The third-order valence-corrected chi connectivity index (χ3v) is 4.56.